The van der Waals surface area contributed by atoms with E-state index in [1.165, 1.54) is 77.0 Å². The van der Waals surface area contributed by atoms with E-state index in [0.29, 0.717) is 0 Å². The molecule has 0 spiro atoms. The van der Waals surface area contributed by atoms with Crippen molar-refractivity contribution in [2.24, 2.45) is 5.92 Å². The monoisotopic (exact) mass is 632 g/mol. The van der Waals surface area contributed by atoms with Crippen LogP contribution in [0.5, 0.6) is 0 Å². The molecule has 2 aromatic carbocycles. The summed E-state index contributed by atoms with van der Waals surface area (Å²) >= 11 is 0. The normalized spacial score (nSPS) is 23.6. The van der Waals surface area contributed by atoms with Crippen LogP contribution >= 0.6 is 15.8 Å². The Labute approximate surface area is 268 Å². The minimum absolute atomic E-state index is 0. The van der Waals surface area contributed by atoms with Gasteiger partial charge in [-0.2, -0.15) is 0 Å². The second kappa shape index (κ2) is 19.8. The van der Waals surface area contributed by atoms with Crippen LogP contribution in [0.15, 0.2) is 72.8 Å². The van der Waals surface area contributed by atoms with E-state index in [1.54, 1.807) is 36.3 Å². The molecule has 4 aliphatic rings. The zero-order chi connectivity index (χ0) is 26.0. The van der Waals surface area contributed by atoms with Gasteiger partial charge in [0.05, 0.1) is 0 Å². The Morgan fingerprint density at radius 1 is 0.561 bits per heavy atom. The summed E-state index contributed by atoms with van der Waals surface area (Å²) in [4.78, 5) is 0. The van der Waals surface area contributed by atoms with Gasteiger partial charge in [-0.3, -0.25) is 0 Å². The molecule has 0 heterocycles. The van der Waals surface area contributed by atoms with Crippen molar-refractivity contribution in [3.63, 3.8) is 0 Å². The fourth-order valence-electron chi connectivity index (χ4n) is 8.09. The SMILES string of the molecule is C1=CCCC1.C[C@@H](C1CCCC1P(c1ccccc1)c1ccccc1)P(C1CCCCC1)C1CCCCC1.[CH3-].[CH3-].[Fe+2]. The Morgan fingerprint density at radius 2 is 1.02 bits per heavy atom. The number of hydrogen-bond acceptors (Lipinski definition) is 0. The van der Waals surface area contributed by atoms with Crippen LogP contribution in [0, 0.1) is 20.8 Å². The van der Waals surface area contributed by atoms with Crippen LogP contribution in [0.2, 0.25) is 0 Å². The van der Waals surface area contributed by atoms with Crippen LogP contribution in [0.4, 0.5) is 0 Å². The zero-order valence-electron chi connectivity index (χ0n) is 26.4. The Bertz CT molecular complexity index is 885. The molecular weight excluding hydrogens is 574 g/mol. The van der Waals surface area contributed by atoms with E-state index >= 15 is 0 Å². The standard InChI is InChI=1S/C31H44P2.C5H8.2CH3.Fe/c1-25(32(26-15-6-2-7-16-26)27-17-8-3-9-18-27)30-23-14-24-31(30)33(28-19-10-4-11-20-28)29-21-12-5-13-22-29;1-2-4-5-3-1;;;/h4-5,10-13,19-22,25-27,30-31H,2-3,6-9,14-18,23-24H2,1H3;1-2H,3-5H2;2*1H3;/q;;2*-1;+2/t25-,30?,31?;;;;/m0..../s1. The Balaban J connectivity index is 0.000000667. The molecule has 3 fully saturated rings. The molecular formula is C38H58FeP2. The Kier molecular flexibility index (Phi) is 17.7. The van der Waals surface area contributed by atoms with Gasteiger partial charge in [0.15, 0.2) is 0 Å². The molecule has 0 aromatic heterocycles. The molecule has 0 bridgehead atoms. The molecule has 3 saturated carbocycles. The molecule has 41 heavy (non-hydrogen) atoms. The number of rotatable bonds is 7. The quantitative estimate of drug-likeness (QED) is 0.123. The molecule has 6 rings (SSSR count). The largest absolute Gasteiger partial charge is 2.00 e. The van der Waals surface area contributed by atoms with Gasteiger partial charge < -0.3 is 14.9 Å². The second-order valence-electron chi connectivity index (χ2n) is 12.4. The van der Waals surface area contributed by atoms with Crippen molar-refractivity contribution in [3.8, 4) is 0 Å². The van der Waals surface area contributed by atoms with Gasteiger partial charge in [0.25, 0.3) is 0 Å². The molecule has 4 aliphatic carbocycles. The fourth-order valence-corrected chi connectivity index (χ4v) is 16.2. The molecule has 0 nitrogen and oxygen atoms in total. The van der Waals surface area contributed by atoms with Gasteiger partial charge >= 0.3 is 17.1 Å². The predicted octanol–water partition coefficient (Wildman–Crippen LogP) is 11.4. The van der Waals surface area contributed by atoms with E-state index in [2.05, 4.69) is 79.7 Å². The molecule has 2 unspecified atom stereocenters. The summed E-state index contributed by atoms with van der Waals surface area (Å²) in [5.74, 6) is 0.937. The molecule has 2 aromatic rings. The van der Waals surface area contributed by atoms with Gasteiger partial charge in [-0.1, -0.05) is 133 Å². The van der Waals surface area contributed by atoms with E-state index in [1.807, 2.05) is 0 Å². The first-order valence-electron chi connectivity index (χ1n) is 16.1. The van der Waals surface area contributed by atoms with Crippen molar-refractivity contribution >= 4 is 26.5 Å². The van der Waals surface area contributed by atoms with Gasteiger partial charge in [0.2, 0.25) is 0 Å². The molecule has 0 amide bonds. The van der Waals surface area contributed by atoms with Crippen molar-refractivity contribution in [1.29, 1.82) is 0 Å². The summed E-state index contributed by atoms with van der Waals surface area (Å²) in [6, 6.07) is 23.2. The molecule has 0 radical (unpaired) electrons. The van der Waals surface area contributed by atoms with Crippen molar-refractivity contribution in [2.75, 3.05) is 0 Å². The molecule has 0 aliphatic heterocycles. The zero-order valence-corrected chi connectivity index (χ0v) is 29.3. The second-order valence-corrected chi connectivity index (χ2v) is 18.0. The van der Waals surface area contributed by atoms with Crippen molar-refractivity contribution in [2.45, 2.75) is 132 Å². The van der Waals surface area contributed by atoms with E-state index in [0.717, 1.165) is 28.6 Å². The minimum Gasteiger partial charge on any atom is -0.358 e. The average Bonchev–Trinajstić information content (AvgIpc) is 3.72. The molecule has 228 valence electrons. The van der Waals surface area contributed by atoms with E-state index in [4.69, 9.17) is 0 Å². The van der Waals surface area contributed by atoms with Crippen LogP contribution in [0.3, 0.4) is 0 Å². The third kappa shape index (κ3) is 10.0. The summed E-state index contributed by atoms with van der Waals surface area (Å²) in [7, 11) is -0.121. The maximum absolute atomic E-state index is 2.75. The number of hydrogen-bond donors (Lipinski definition) is 0. The average molecular weight is 633 g/mol. The van der Waals surface area contributed by atoms with Gasteiger partial charge in [-0.25, -0.2) is 0 Å². The molecule has 3 atom stereocenters. The molecule has 3 heteroatoms. The van der Waals surface area contributed by atoms with Gasteiger partial charge in [-0.15, -0.1) is 0 Å². The molecule has 0 N–H and O–H groups in total. The van der Waals surface area contributed by atoms with Crippen LogP contribution in [-0.2, 0) is 17.1 Å². The summed E-state index contributed by atoms with van der Waals surface area (Å²) in [5.41, 5.74) is 3.98. The third-order valence-electron chi connectivity index (χ3n) is 9.92. The van der Waals surface area contributed by atoms with E-state index < -0.39 is 0 Å². The van der Waals surface area contributed by atoms with Crippen LogP contribution in [-0.4, -0.2) is 22.6 Å². The smallest absolute Gasteiger partial charge is 0.358 e. The third-order valence-corrected chi connectivity index (χ3v) is 17.0. The van der Waals surface area contributed by atoms with Gasteiger partial charge in [0, 0.05) is 0 Å². The number of benzene rings is 2. The summed E-state index contributed by atoms with van der Waals surface area (Å²) < 4.78 is 0. The van der Waals surface area contributed by atoms with Crippen molar-refractivity contribution in [1.82, 2.24) is 0 Å². The first kappa shape index (κ1) is 36.7. The predicted molar refractivity (Wildman–Crippen MR) is 186 cm³/mol. The van der Waals surface area contributed by atoms with Crippen LogP contribution < -0.4 is 10.6 Å². The number of allylic oxidation sites excluding steroid dienone is 2. The van der Waals surface area contributed by atoms with Gasteiger partial charge in [0.1, 0.15) is 0 Å². The summed E-state index contributed by atoms with van der Waals surface area (Å²) in [6.45, 7) is 2.75. The topological polar surface area (TPSA) is 0 Å². The van der Waals surface area contributed by atoms with Crippen LogP contribution in [0.25, 0.3) is 0 Å². The summed E-state index contributed by atoms with van der Waals surface area (Å²) in [6.07, 6.45) is 28.1. The summed E-state index contributed by atoms with van der Waals surface area (Å²) in [5, 5.41) is 3.23. The first-order chi connectivity index (χ1) is 18.8. The minimum atomic E-state index is -0.273. The fraction of sp³-hybridized carbons (Fsp3) is 0.579. The van der Waals surface area contributed by atoms with E-state index in [9.17, 15) is 0 Å². The van der Waals surface area contributed by atoms with E-state index in [-0.39, 0.29) is 47.8 Å². The Morgan fingerprint density at radius 3 is 1.44 bits per heavy atom. The maximum Gasteiger partial charge on any atom is 2.00 e. The maximum atomic E-state index is 2.75. The first-order valence-corrected chi connectivity index (χ1v) is 19.1. The van der Waals surface area contributed by atoms with Crippen LogP contribution in [0.1, 0.15) is 110 Å². The molecule has 0 saturated heterocycles. The van der Waals surface area contributed by atoms with Gasteiger partial charge in [-0.05, 0) is 105 Å². The van der Waals surface area contributed by atoms with Crippen molar-refractivity contribution < 1.29 is 17.1 Å². The van der Waals surface area contributed by atoms with Crippen molar-refractivity contribution in [3.05, 3.63) is 87.7 Å². The Hall–Kier alpha value is -0.441.